The molecule has 0 bridgehead atoms. The van der Waals surface area contributed by atoms with Crippen LogP contribution in [0.15, 0.2) is 65.5 Å². The fourth-order valence-corrected chi connectivity index (χ4v) is 6.06. The lowest BCUT2D eigenvalue weighted by Crippen LogP contribution is -2.66. The van der Waals surface area contributed by atoms with E-state index in [9.17, 15) is 18.4 Å². The molecule has 0 saturated carbocycles. The van der Waals surface area contributed by atoms with E-state index < -0.39 is 6.04 Å². The van der Waals surface area contributed by atoms with Crippen LogP contribution in [0.3, 0.4) is 0 Å². The molecule has 1 amide bonds. The molecule has 2 aromatic heterocycles. The normalized spacial score (nSPS) is 19.2. The van der Waals surface area contributed by atoms with Gasteiger partial charge < -0.3 is 19.1 Å². The highest BCUT2D eigenvalue weighted by atomic mass is 19.1. The first-order chi connectivity index (χ1) is 19.2. The molecule has 0 spiro atoms. The van der Waals surface area contributed by atoms with Gasteiger partial charge in [0.1, 0.15) is 28.9 Å². The third-order valence-corrected chi connectivity index (χ3v) is 8.10. The molecule has 2 atom stereocenters. The number of pyridine rings is 2. The van der Waals surface area contributed by atoms with E-state index in [0.29, 0.717) is 35.7 Å². The molecule has 2 aliphatic rings. The molecule has 4 heterocycles. The van der Waals surface area contributed by atoms with Crippen LogP contribution >= 0.6 is 0 Å². The van der Waals surface area contributed by atoms with E-state index in [4.69, 9.17) is 9.72 Å². The fourth-order valence-electron chi connectivity index (χ4n) is 6.06. The monoisotopic (exact) mass is 545 g/mol. The van der Waals surface area contributed by atoms with Gasteiger partial charge in [0.25, 0.3) is 11.5 Å². The number of hydrogen-bond acceptors (Lipinski definition) is 6. The van der Waals surface area contributed by atoms with E-state index in [1.165, 1.54) is 40.8 Å². The van der Waals surface area contributed by atoms with E-state index in [0.717, 1.165) is 11.1 Å². The lowest BCUT2D eigenvalue weighted by atomic mass is 9.92. The van der Waals surface area contributed by atoms with Crippen LogP contribution in [-0.4, -0.2) is 59.7 Å². The number of amides is 1. The minimum Gasteiger partial charge on any atom is -0.481 e. The van der Waals surface area contributed by atoms with Gasteiger partial charge in [0.15, 0.2) is 0 Å². The summed E-state index contributed by atoms with van der Waals surface area (Å²) >= 11 is 0. The van der Waals surface area contributed by atoms with Gasteiger partial charge in [-0.25, -0.2) is 13.8 Å². The molecule has 40 heavy (non-hydrogen) atoms. The molecule has 4 aromatic rings. The third-order valence-electron chi connectivity index (χ3n) is 8.10. The maximum atomic E-state index is 13.9. The van der Waals surface area contributed by atoms with E-state index >= 15 is 0 Å². The number of nitrogens with zero attached hydrogens (tertiary/aromatic N) is 5. The summed E-state index contributed by atoms with van der Waals surface area (Å²) < 4.78 is 34.6. The predicted octanol–water partition coefficient (Wildman–Crippen LogP) is 3.87. The minimum absolute atomic E-state index is 0.106. The van der Waals surface area contributed by atoms with Crippen molar-refractivity contribution in [2.24, 2.45) is 7.05 Å². The Morgan fingerprint density at radius 1 is 0.875 bits per heavy atom. The number of ether oxygens (including phenoxy) is 1. The summed E-state index contributed by atoms with van der Waals surface area (Å²) in [7, 11) is 4.82. The Morgan fingerprint density at radius 2 is 1.48 bits per heavy atom. The van der Waals surface area contributed by atoms with Crippen molar-refractivity contribution in [2.45, 2.75) is 25.0 Å². The predicted molar refractivity (Wildman–Crippen MR) is 149 cm³/mol. The largest absolute Gasteiger partial charge is 0.481 e. The molecule has 2 aliphatic heterocycles. The Kier molecular flexibility index (Phi) is 6.29. The molecular formula is C30H29F2N5O3. The molecule has 0 radical (unpaired) electrons. The summed E-state index contributed by atoms with van der Waals surface area (Å²) in [6.45, 7) is 2.80. The zero-order valence-corrected chi connectivity index (χ0v) is 22.6. The molecule has 6 rings (SSSR count). The average Bonchev–Trinajstić information content (AvgIpc) is 2.96. The summed E-state index contributed by atoms with van der Waals surface area (Å²) in [6, 6.07) is 15.0. The minimum atomic E-state index is -0.611. The number of aromatic nitrogens is 2. The van der Waals surface area contributed by atoms with Crippen LogP contribution in [0.1, 0.15) is 24.1 Å². The van der Waals surface area contributed by atoms with E-state index in [-0.39, 0.29) is 40.9 Å². The number of benzene rings is 2. The molecular weight excluding hydrogens is 516 g/mol. The maximum Gasteiger partial charge on any atom is 0.277 e. The fraction of sp³-hybridized carbons (Fsp3) is 0.300. The van der Waals surface area contributed by atoms with Gasteiger partial charge in [0.05, 0.1) is 24.4 Å². The second-order valence-corrected chi connectivity index (χ2v) is 10.4. The lowest BCUT2D eigenvalue weighted by Gasteiger charge is -2.51. The van der Waals surface area contributed by atoms with Gasteiger partial charge in [-0.05, 0) is 48.4 Å². The topological polar surface area (TPSA) is 70.9 Å². The highest BCUT2D eigenvalue weighted by molar-refractivity contribution is 6.10. The number of hydrogen-bond donors (Lipinski definition) is 0. The number of carbonyl (C=O) groups excluding carboxylic acids is 1. The summed E-state index contributed by atoms with van der Waals surface area (Å²) in [4.78, 5) is 37.7. The second kappa shape index (κ2) is 9.71. The summed E-state index contributed by atoms with van der Waals surface area (Å²) in [5.74, 6) is -0.502. The maximum absolute atomic E-state index is 13.9. The van der Waals surface area contributed by atoms with Gasteiger partial charge in [0.2, 0.25) is 5.88 Å². The number of halogens is 2. The van der Waals surface area contributed by atoms with Crippen molar-refractivity contribution in [3.63, 3.8) is 0 Å². The number of piperazine rings is 1. The first kappa shape index (κ1) is 25.9. The number of carbonyl (C=O) groups is 1. The zero-order chi connectivity index (χ0) is 28.3. The van der Waals surface area contributed by atoms with Crippen LogP contribution in [0.5, 0.6) is 5.88 Å². The van der Waals surface area contributed by atoms with Gasteiger partial charge in [0, 0.05) is 39.3 Å². The highest BCUT2D eigenvalue weighted by Crippen LogP contribution is 2.42. The number of anilines is 2. The molecule has 0 N–H and O–H groups in total. The Balaban J connectivity index is 1.49. The van der Waals surface area contributed by atoms with Crippen LogP contribution in [0, 0.1) is 11.6 Å². The summed E-state index contributed by atoms with van der Waals surface area (Å²) in [6.07, 6.45) is 0. The molecule has 10 heteroatoms. The summed E-state index contributed by atoms with van der Waals surface area (Å²) in [5, 5.41) is 0. The Morgan fingerprint density at radius 3 is 2.05 bits per heavy atom. The van der Waals surface area contributed by atoms with E-state index in [2.05, 4.69) is 11.8 Å². The number of aryl methyl sites for hydroxylation is 1. The van der Waals surface area contributed by atoms with Crippen LogP contribution in [0.25, 0.3) is 11.0 Å². The molecule has 0 aliphatic carbocycles. The average molecular weight is 546 g/mol. The van der Waals surface area contributed by atoms with Crippen LogP contribution < -0.4 is 20.1 Å². The SMILES string of the molecule is COc1ccc2c(n1)c1c(c(=O)n2C)N(C)C(=O)[C@H]2CN(C(c3ccc(F)cc3)c3ccc(F)cc3)[C@H](C)CN12. The molecule has 1 fully saturated rings. The second-order valence-electron chi connectivity index (χ2n) is 10.4. The van der Waals surface area contributed by atoms with Crippen molar-refractivity contribution in [2.75, 3.05) is 37.0 Å². The molecule has 2 aromatic carbocycles. The van der Waals surface area contributed by atoms with Crippen molar-refractivity contribution in [1.29, 1.82) is 0 Å². The number of methoxy groups -OCH3 is 1. The molecule has 0 unspecified atom stereocenters. The van der Waals surface area contributed by atoms with Crippen molar-refractivity contribution in [3.05, 3.63) is 93.8 Å². The van der Waals surface area contributed by atoms with E-state index in [1.807, 2.05) is 4.90 Å². The molecule has 1 saturated heterocycles. The van der Waals surface area contributed by atoms with E-state index in [1.54, 1.807) is 50.5 Å². The van der Waals surface area contributed by atoms with Crippen molar-refractivity contribution in [1.82, 2.24) is 14.5 Å². The third kappa shape index (κ3) is 4.02. The summed E-state index contributed by atoms with van der Waals surface area (Å²) in [5.41, 5.74) is 3.48. The van der Waals surface area contributed by atoms with Crippen molar-refractivity contribution in [3.8, 4) is 5.88 Å². The lowest BCUT2D eigenvalue weighted by molar-refractivity contribution is -0.121. The van der Waals surface area contributed by atoms with Gasteiger partial charge >= 0.3 is 0 Å². The molecule has 8 nitrogen and oxygen atoms in total. The quantitative estimate of drug-likeness (QED) is 0.388. The van der Waals surface area contributed by atoms with Crippen molar-refractivity contribution < 1.29 is 18.3 Å². The molecule has 206 valence electrons. The standard InChI is InChI=1S/C30H29F2N5O3/c1-17-15-37-23(16-36(17)26(18-5-9-20(31)10-6-18)19-7-11-21(32)12-8-19)29(38)35(3)28-27(37)25-22(34(2)30(28)39)13-14-24(33-25)40-4/h5-14,17,23,26H,15-16H2,1-4H3/t17-,23-/m1/s1. The van der Waals surface area contributed by atoms with Crippen LogP contribution in [-0.2, 0) is 11.8 Å². The first-order valence-corrected chi connectivity index (χ1v) is 13.1. The number of fused-ring (bicyclic) bond motifs is 5. The highest BCUT2D eigenvalue weighted by Gasteiger charge is 2.46. The number of likely N-dealkylation sites (N-methyl/N-ethyl adjacent to an activating group) is 1. The van der Waals surface area contributed by atoms with Crippen molar-refractivity contribution >= 4 is 28.3 Å². The Labute approximate surface area is 230 Å². The Hall–Kier alpha value is -4.31. The van der Waals surface area contributed by atoms with Gasteiger partial charge in [-0.1, -0.05) is 24.3 Å². The Bertz CT molecular complexity index is 1630. The van der Waals surface area contributed by atoms with Gasteiger partial charge in [-0.2, -0.15) is 0 Å². The van der Waals surface area contributed by atoms with Gasteiger partial charge in [-0.3, -0.25) is 14.5 Å². The number of rotatable bonds is 4. The van der Waals surface area contributed by atoms with Crippen LogP contribution in [0.2, 0.25) is 0 Å². The smallest absolute Gasteiger partial charge is 0.277 e. The van der Waals surface area contributed by atoms with Crippen LogP contribution in [0.4, 0.5) is 20.2 Å². The first-order valence-electron chi connectivity index (χ1n) is 13.1. The zero-order valence-electron chi connectivity index (χ0n) is 22.6. The van der Waals surface area contributed by atoms with Gasteiger partial charge in [-0.15, -0.1) is 0 Å².